The first kappa shape index (κ1) is 15.4. The van der Waals surface area contributed by atoms with Gasteiger partial charge in [0.05, 0.1) is 0 Å². The SMILES string of the molecule is Br.C[C@@H]1CC[C@H]2[C@@H]3Cc4ccc(O)cc4[C@]2(CCN3C)C1. The molecule has 0 aromatic heterocycles. The number of fused-ring (bicyclic) bond motifs is 1. The quantitative estimate of drug-likeness (QED) is 0.765. The highest BCUT2D eigenvalue weighted by atomic mass is 79.9. The van der Waals surface area contributed by atoms with Gasteiger partial charge in [-0.15, -0.1) is 17.0 Å². The Hall–Kier alpha value is -0.540. The third-order valence-electron chi connectivity index (χ3n) is 6.39. The average Bonchev–Trinajstić information content (AvgIpc) is 2.43. The molecule has 2 nitrogen and oxygen atoms in total. The van der Waals surface area contributed by atoms with Gasteiger partial charge in [-0.3, -0.25) is 0 Å². The Labute approximate surface area is 138 Å². The van der Waals surface area contributed by atoms with Gasteiger partial charge in [-0.1, -0.05) is 19.4 Å². The van der Waals surface area contributed by atoms with Crippen molar-refractivity contribution in [2.75, 3.05) is 13.6 Å². The second-order valence-corrected chi connectivity index (χ2v) is 7.49. The van der Waals surface area contributed by atoms with Crippen molar-refractivity contribution in [1.82, 2.24) is 4.90 Å². The molecule has 1 aliphatic heterocycles. The number of piperidine rings is 1. The van der Waals surface area contributed by atoms with Gasteiger partial charge in [-0.2, -0.15) is 0 Å². The van der Waals surface area contributed by atoms with Gasteiger partial charge in [-0.05, 0) is 74.4 Å². The summed E-state index contributed by atoms with van der Waals surface area (Å²) in [5, 5.41) is 9.98. The summed E-state index contributed by atoms with van der Waals surface area (Å²) in [4.78, 5) is 2.59. The second kappa shape index (κ2) is 5.27. The van der Waals surface area contributed by atoms with E-state index >= 15 is 0 Å². The van der Waals surface area contributed by atoms with E-state index in [1.165, 1.54) is 49.8 Å². The number of likely N-dealkylation sites (tertiary alicyclic amines) is 1. The number of phenolic OH excluding ortho intramolecular Hbond substituents is 1. The summed E-state index contributed by atoms with van der Waals surface area (Å²) in [6, 6.07) is 6.85. The smallest absolute Gasteiger partial charge is 0.115 e. The molecule has 1 N–H and O–H groups in total. The summed E-state index contributed by atoms with van der Waals surface area (Å²) >= 11 is 0. The van der Waals surface area contributed by atoms with Crippen LogP contribution < -0.4 is 0 Å². The summed E-state index contributed by atoms with van der Waals surface area (Å²) in [5.41, 5.74) is 3.32. The molecule has 1 aromatic carbocycles. The summed E-state index contributed by atoms with van der Waals surface area (Å²) in [5.74, 6) is 2.07. The van der Waals surface area contributed by atoms with E-state index in [1.54, 1.807) is 0 Å². The van der Waals surface area contributed by atoms with Gasteiger partial charge in [0.15, 0.2) is 0 Å². The van der Waals surface area contributed by atoms with Crippen molar-refractivity contribution in [1.29, 1.82) is 0 Å². The van der Waals surface area contributed by atoms with Crippen LogP contribution in [0.4, 0.5) is 0 Å². The molecule has 0 amide bonds. The first-order valence-corrected chi connectivity index (χ1v) is 8.13. The zero-order valence-electron chi connectivity index (χ0n) is 13.0. The van der Waals surface area contributed by atoms with Gasteiger partial charge in [-0.25, -0.2) is 0 Å². The first-order chi connectivity index (χ1) is 9.60. The Morgan fingerprint density at radius 3 is 2.90 bits per heavy atom. The summed E-state index contributed by atoms with van der Waals surface area (Å²) in [6.45, 7) is 3.62. The van der Waals surface area contributed by atoms with Crippen molar-refractivity contribution in [3.8, 4) is 5.75 Å². The van der Waals surface area contributed by atoms with E-state index in [9.17, 15) is 5.11 Å². The first-order valence-electron chi connectivity index (χ1n) is 8.13. The van der Waals surface area contributed by atoms with Crippen LogP contribution in [-0.2, 0) is 11.8 Å². The molecule has 0 spiro atoms. The van der Waals surface area contributed by atoms with Crippen LogP contribution in [0.1, 0.15) is 43.7 Å². The zero-order valence-corrected chi connectivity index (χ0v) is 14.7. The Kier molecular flexibility index (Phi) is 3.86. The minimum atomic E-state index is 0. The fourth-order valence-corrected chi connectivity index (χ4v) is 5.49. The van der Waals surface area contributed by atoms with Crippen LogP contribution in [0, 0.1) is 11.8 Å². The van der Waals surface area contributed by atoms with Crippen molar-refractivity contribution >= 4 is 17.0 Å². The fraction of sp³-hybridized carbons (Fsp3) is 0.667. The molecule has 21 heavy (non-hydrogen) atoms. The number of rotatable bonds is 0. The minimum Gasteiger partial charge on any atom is -0.508 e. The molecule has 0 radical (unpaired) electrons. The van der Waals surface area contributed by atoms with Crippen LogP contribution >= 0.6 is 17.0 Å². The molecule has 2 bridgehead atoms. The van der Waals surface area contributed by atoms with Crippen molar-refractivity contribution in [3.05, 3.63) is 29.3 Å². The van der Waals surface area contributed by atoms with E-state index in [0.29, 0.717) is 17.2 Å². The Morgan fingerprint density at radius 1 is 1.29 bits per heavy atom. The lowest BCUT2D eigenvalue weighted by Gasteiger charge is -2.59. The van der Waals surface area contributed by atoms with Crippen molar-refractivity contribution < 1.29 is 5.11 Å². The number of aromatic hydroxyl groups is 1. The van der Waals surface area contributed by atoms with Crippen molar-refractivity contribution in [2.24, 2.45) is 11.8 Å². The molecule has 1 saturated carbocycles. The molecule has 1 aromatic rings. The van der Waals surface area contributed by atoms with Gasteiger partial charge >= 0.3 is 0 Å². The fourth-order valence-electron chi connectivity index (χ4n) is 5.49. The monoisotopic (exact) mass is 351 g/mol. The number of halogens is 1. The molecular formula is C18H26BrNO. The molecule has 3 aliphatic rings. The third kappa shape index (κ3) is 2.16. The molecule has 4 atom stereocenters. The van der Waals surface area contributed by atoms with Crippen molar-refractivity contribution in [3.63, 3.8) is 0 Å². The van der Waals surface area contributed by atoms with Crippen LogP contribution in [0.2, 0.25) is 0 Å². The molecular weight excluding hydrogens is 326 g/mol. The number of benzene rings is 1. The van der Waals surface area contributed by atoms with E-state index in [2.05, 4.69) is 31.0 Å². The molecule has 1 saturated heterocycles. The second-order valence-electron chi connectivity index (χ2n) is 7.49. The lowest BCUT2D eigenvalue weighted by molar-refractivity contribution is -0.0110. The number of hydrogen-bond donors (Lipinski definition) is 1. The van der Waals surface area contributed by atoms with Gasteiger partial charge in [0.1, 0.15) is 5.75 Å². The molecule has 3 heteroatoms. The van der Waals surface area contributed by atoms with Crippen LogP contribution in [0.3, 0.4) is 0 Å². The van der Waals surface area contributed by atoms with Crippen LogP contribution in [0.15, 0.2) is 18.2 Å². The van der Waals surface area contributed by atoms with Gasteiger partial charge in [0.25, 0.3) is 0 Å². The lowest BCUT2D eigenvalue weighted by atomic mass is 9.51. The number of likely N-dealkylation sites (N-methyl/N-ethyl adjacent to an activating group) is 1. The molecule has 2 aliphatic carbocycles. The Bertz CT molecular complexity index is 546. The van der Waals surface area contributed by atoms with Crippen LogP contribution in [-0.4, -0.2) is 29.6 Å². The van der Waals surface area contributed by atoms with Gasteiger partial charge < -0.3 is 10.0 Å². The standard InChI is InChI=1S/C18H25NO.BrH/c1-12-3-6-15-17-9-13-4-5-14(20)10-16(13)18(15,11-12)7-8-19(17)2;/h4-5,10,12,15,17,20H,3,6-9,11H2,1-2H3;1H/t12-,15+,17+,18-;/m1./s1. The largest absolute Gasteiger partial charge is 0.508 e. The maximum atomic E-state index is 9.98. The highest BCUT2D eigenvalue weighted by molar-refractivity contribution is 8.93. The van der Waals surface area contributed by atoms with E-state index < -0.39 is 0 Å². The van der Waals surface area contributed by atoms with Gasteiger partial charge in [0.2, 0.25) is 0 Å². The molecule has 1 heterocycles. The average molecular weight is 352 g/mol. The number of phenols is 1. The van der Waals surface area contributed by atoms with Gasteiger partial charge in [0, 0.05) is 11.5 Å². The van der Waals surface area contributed by atoms with E-state index in [0.717, 1.165) is 11.8 Å². The normalized spacial score (nSPS) is 38.1. The van der Waals surface area contributed by atoms with Crippen LogP contribution in [0.25, 0.3) is 0 Å². The summed E-state index contributed by atoms with van der Waals surface area (Å²) < 4.78 is 0. The van der Waals surface area contributed by atoms with Crippen LogP contribution in [0.5, 0.6) is 5.75 Å². The maximum Gasteiger partial charge on any atom is 0.115 e. The predicted molar refractivity (Wildman–Crippen MR) is 91.4 cm³/mol. The Balaban J connectivity index is 0.00000132. The highest BCUT2D eigenvalue weighted by Gasteiger charge is 2.54. The molecule has 0 unspecified atom stereocenters. The predicted octanol–water partition coefficient (Wildman–Crippen LogP) is 3.90. The molecule has 116 valence electrons. The van der Waals surface area contributed by atoms with E-state index in [4.69, 9.17) is 0 Å². The van der Waals surface area contributed by atoms with E-state index in [1.807, 2.05) is 6.07 Å². The highest BCUT2D eigenvalue weighted by Crippen LogP contribution is 2.57. The zero-order chi connectivity index (χ0) is 13.9. The molecule has 4 rings (SSSR count). The Morgan fingerprint density at radius 2 is 2.10 bits per heavy atom. The molecule has 2 fully saturated rings. The maximum absolute atomic E-state index is 9.98. The number of hydrogen-bond acceptors (Lipinski definition) is 2. The minimum absolute atomic E-state index is 0. The third-order valence-corrected chi connectivity index (χ3v) is 6.39. The summed E-state index contributed by atoms with van der Waals surface area (Å²) in [6.07, 6.45) is 6.51. The summed E-state index contributed by atoms with van der Waals surface area (Å²) in [7, 11) is 2.30. The lowest BCUT2D eigenvalue weighted by Crippen LogP contribution is -2.60. The topological polar surface area (TPSA) is 23.5 Å². The number of nitrogens with zero attached hydrogens (tertiary/aromatic N) is 1. The van der Waals surface area contributed by atoms with Crippen molar-refractivity contribution in [2.45, 2.75) is 50.5 Å². The van der Waals surface area contributed by atoms with E-state index in [-0.39, 0.29) is 17.0 Å².